The average Bonchev–Trinajstić information content (AvgIpc) is 3.49. The first-order valence-corrected chi connectivity index (χ1v) is 14.3. The number of pyridine rings is 1. The molecule has 0 fully saturated rings. The zero-order valence-electron chi connectivity index (χ0n) is 19.7. The first-order chi connectivity index (χ1) is 18.2. The van der Waals surface area contributed by atoms with Crippen molar-refractivity contribution < 1.29 is 0 Å². The van der Waals surface area contributed by atoms with Crippen LogP contribution in [0, 0.1) is 0 Å². The molecule has 1 nitrogen and oxygen atoms in total. The van der Waals surface area contributed by atoms with Crippen molar-refractivity contribution in [3.63, 3.8) is 0 Å². The second kappa shape index (κ2) is 7.18. The van der Waals surface area contributed by atoms with Crippen molar-refractivity contribution in [1.29, 1.82) is 0 Å². The Kier molecular flexibility index (Phi) is 4.03. The molecule has 2 unspecified atom stereocenters. The molecule has 0 N–H and O–H groups in total. The summed E-state index contributed by atoms with van der Waals surface area (Å²) in [6.45, 7) is 0. The van der Waals surface area contributed by atoms with Gasteiger partial charge in [0.25, 0.3) is 0 Å². The Morgan fingerprint density at radius 1 is 0.595 bits per heavy atom. The SMILES string of the molecule is Brc1cc2c(cc1Br)C1CC2c2c(-c3ccccc3)nc3c(cc4ccc5cccc6ccc3c4c56)c21. The number of nitrogens with zero attached hydrogens (tertiary/aromatic N) is 1. The number of fused-ring (bicyclic) bond motifs is 11. The number of hydrogen-bond acceptors (Lipinski definition) is 1. The zero-order valence-corrected chi connectivity index (χ0v) is 22.9. The lowest BCUT2D eigenvalue weighted by atomic mass is 9.81. The molecule has 37 heavy (non-hydrogen) atoms. The molecule has 174 valence electrons. The maximum absolute atomic E-state index is 5.53. The van der Waals surface area contributed by atoms with Gasteiger partial charge in [0.1, 0.15) is 0 Å². The molecule has 3 heteroatoms. The summed E-state index contributed by atoms with van der Waals surface area (Å²) in [5.41, 5.74) is 9.31. The van der Waals surface area contributed by atoms with Crippen LogP contribution in [0.3, 0.4) is 0 Å². The third kappa shape index (κ3) is 2.61. The lowest BCUT2D eigenvalue weighted by molar-refractivity contribution is 0.797. The second-order valence-electron chi connectivity index (χ2n) is 10.5. The highest BCUT2D eigenvalue weighted by molar-refractivity contribution is 9.13. The van der Waals surface area contributed by atoms with Crippen LogP contribution in [0.2, 0.25) is 0 Å². The number of benzene rings is 6. The van der Waals surface area contributed by atoms with E-state index in [9.17, 15) is 0 Å². The number of aromatic nitrogens is 1. The van der Waals surface area contributed by atoms with Crippen LogP contribution in [0.25, 0.3) is 54.5 Å². The van der Waals surface area contributed by atoms with Crippen molar-refractivity contribution in [3.8, 4) is 11.3 Å². The Balaban J connectivity index is 1.47. The first-order valence-electron chi connectivity index (χ1n) is 12.8. The standard InChI is InChI=1S/C34H19Br2N/c35-27-15-22-23(16-28(27)36)25-14-24(22)31-26-13-20-10-9-17-7-4-8-18-11-12-21(30(20)29(17)18)34(26)37-33(32(25)31)19-5-2-1-3-6-19/h1-13,15-16,24-25H,14H2. The smallest absolute Gasteiger partial charge is 0.0791 e. The van der Waals surface area contributed by atoms with Gasteiger partial charge in [-0.3, -0.25) is 0 Å². The highest BCUT2D eigenvalue weighted by atomic mass is 79.9. The monoisotopic (exact) mass is 599 g/mol. The van der Waals surface area contributed by atoms with E-state index < -0.39 is 0 Å². The summed E-state index contributed by atoms with van der Waals surface area (Å²) in [4.78, 5) is 5.53. The predicted octanol–water partition coefficient (Wildman–Crippen LogP) is 10.3. The van der Waals surface area contributed by atoms with Crippen LogP contribution < -0.4 is 0 Å². The molecule has 6 aromatic carbocycles. The van der Waals surface area contributed by atoms with Crippen molar-refractivity contribution in [1.82, 2.24) is 4.98 Å². The minimum absolute atomic E-state index is 0.373. The Hall–Kier alpha value is -3.27. The van der Waals surface area contributed by atoms with Gasteiger partial charge in [0, 0.05) is 37.1 Å². The van der Waals surface area contributed by atoms with E-state index in [2.05, 4.69) is 123 Å². The fourth-order valence-electron chi connectivity index (χ4n) is 7.33. The van der Waals surface area contributed by atoms with Gasteiger partial charge >= 0.3 is 0 Å². The minimum Gasteiger partial charge on any atom is -0.247 e. The highest BCUT2D eigenvalue weighted by Gasteiger charge is 2.45. The average molecular weight is 601 g/mol. The highest BCUT2D eigenvalue weighted by Crippen LogP contribution is 2.61. The van der Waals surface area contributed by atoms with Gasteiger partial charge in [-0.1, -0.05) is 72.8 Å². The van der Waals surface area contributed by atoms with E-state index in [1.807, 2.05) is 0 Å². The van der Waals surface area contributed by atoms with Gasteiger partial charge in [0.05, 0.1) is 11.2 Å². The maximum atomic E-state index is 5.53. The molecule has 2 aliphatic rings. The molecule has 0 saturated heterocycles. The van der Waals surface area contributed by atoms with E-state index >= 15 is 0 Å². The Morgan fingerprint density at radius 3 is 2.03 bits per heavy atom. The molecule has 1 aromatic heterocycles. The van der Waals surface area contributed by atoms with Gasteiger partial charge in [-0.15, -0.1) is 0 Å². The van der Waals surface area contributed by atoms with Gasteiger partial charge in [-0.25, -0.2) is 4.98 Å². The summed E-state index contributed by atoms with van der Waals surface area (Å²) < 4.78 is 2.25. The maximum Gasteiger partial charge on any atom is 0.0791 e. The fourth-order valence-corrected chi connectivity index (χ4v) is 8.05. The van der Waals surface area contributed by atoms with Crippen molar-refractivity contribution >= 4 is 75.1 Å². The summed E-state index contributed by atoms with van der Waals surface area (Å²) in [5, 5.41) is 9.16. The van der Waals surface area contributed by atoms with Gasteiger partial charge in [-0.2, -0.15) is 0 Å². The van der Waals surface area contributed by atoms with E-state index in [0.717, 1.165) is 26.6 Å². The molecule has 7 aromatic rings. The lowest BCUT2D eigenvalue weighted by Gasteiger charge is -2.25. The van der Waals surface area contributed by atoms with E-state index in [4.69, 9.17) is 4.98 Å². The fraction of sp³-hybridized carbons (Fsp3) is 0.0882. The Bertz CT molecular complexity index is 2080. The molecule has 9 rings (SSSR count). The molecule has 0 spiro atoms. The predicted molar refractivity (Wildman–Crippen MR) is 161 cm³/mol. The number of halogens is 2. The summed E-state index contributed by atoms with van der Waals surface area (Å²) in [7, 11) is 0. The molecule has 0 amide bonds. The van der Waals surface area contributed by atoms with Gasteiger partial charge in [0.15, 0.2) is 0 Å². The van der Waals surface area contributed by atoms with Crippen LogP contribution in [-0.4, -0.2) is 4.98 Å². The van der Waals surface area contributed by atoms with Crippen LogP contribution in [0.5, 0.6) is 0 Å². The third-order valence-electron chi connectivity index (χ3n) is 8.77. The minimum atomic E-state index is 0.373. The molecule has 2 atom stereocenters. The Labute approximate surface area is 230 Å². The van der Waals surface area contributed by atoms with Crippen molar-refractivity contribution in [2.75, 3.05) is 0 Å². The van der Waals surface area contributed by atoms with E-state index in [1.54, 1.807) is 0 Å². The topological polar surface area (TPSA) is 12.9 Å². The normalized spacial score (nSPS) is 17.9. The van der Waals surface area contributed by atoms with Crippen molar-refractivity contribution in [2.24, 2.45) is 0 Å². The lowest BCUT2D eigenvalue weighted by Crippen LogP contribution is -2.08. The summed E-state index contributed by atoms with van der Waals surface area (Å²) in [5.74, 6) is 0.762. The Morgan fingerprint density at radius 2 is 1.27 bits per heavy atom. The summed E-state index contributed by atoms with van der Waals surface area (Å²) in [6.07, 6.45) is 1.12. The van der Waals surface area contributed by atoms with E-state index in [-0.39, 0.29) is 0 Å². The molecular weight excluding hydrogens is 582 g/mol. The molecule has 0 saturated carbocycles. The van der Waals surface area contributed by atoms with Crippen LogP contribution in [0.1, 0.15) is 40.5 Å². The van der Waals surface area contributed by atoms with Crippen LogP contribution in [0.15, 0.2) is 99.9 Å². The summed E-state index contributed by atoms with van der Waals surface area (Å²) in [6, 6.07) is 33.6. The number of hydrogen-bond donors (Lipinski definition) is 0. The van der Waals surface area contributed by atoms with E-state index in [0.29, 0.717) is 11.8 Å². The molecule has 0 aliphatic heterocycles. The van der Waals surface area contributed by atoms with Crippen molar-refractivity contribution in [2.45, 2.75) is 18.3 Å². The summed E-state index contributed by atoms with van der Waals surface area (Å²) >= 11 is 7.54. The van der Waals surface area contributed by atoms with Crippen LogP contribution in [-0.2, 0) is 0 Å². The largest absolute Gasteiger partial charge is 0.247 e. The van der Waals surface area contributed by atoms with E-state index in [1.165, 1.54) is 65.5 Å². The van der Waals surface area contributed by atoms with Gasteiger partial charge in [0.2, 0.25) is 0 Å². The zero-order chi connectivity index (χ0) is 24.4. The van der Waals surface area contributed by atoms with Gasteiger partial charge in [-0.05, 0) is 106 Å². The molecule has 2 bridgehead atoms. The van der Waals surface area contributed by atoms with Crippen LogP contribution >= 0.6 is 31.9 Å². The number of rotatable bonds is 1. The van der Waals surface area contributed by atoms with Crippen molar-refractivity contribution in [3.05, 3.63) is 122 Å². The molecule has 1 heterocycles. The van der Waals surface area contributed by atoms with Gasteiger partial charge < -0.3 is 0 Å². The first kappa shape index (κ1) is 20.7. The third-order valence-corrected chi connectivity index (χ3v) is 10.6. The second-order valence-corrected chi connectivity index (χ2v) is 12.2. The molecular formula is C34H19Br2N. The molecule has 0 radical (unpaired) electrons. The van der Waals surface area contributed by atoms with Crippen LogP contribution in [0.4, 0.5) is 0 Å². The molecule has 2 aliphatic carbocycles. The quantitative estimate of drug-likeness (QED) is 0.135.